The molecule has 3 aromatic rings. The summed E-state index contributed by atoms with van der Waals surface area (Å²) in [6, 6.07) is 18.1. The van der Waals surface area contributed by atoms with Crippen molar-refractivity contribution in [2.75, 3.05) is 42.7 Å². The SMILES string of the molecule is CCOc1ccc2c(c1)CC(NCCCCO)C(=O)N2c1ccc(CN2C(=O)[C@]3(O[C@H](CC(=O)N4CCC[C@H]4CO)[C@@H]([Si](C)(C)O)[C@@H]3C)c3cc(Cl)ccc32)cc1. The molecule has 2 saturated heterocycles. The summed E-state index contributed by atoms with van der Waals surface area (Å²) < 4.78 is 12.7. The Labute approximate surface area is 340 Å². The van der Waals surface area contributed by atoms with Crippen molar-refractivity contribution in [2.24, 2.45) is 5.92 Å². The Morgan fingerprint density at radius 1 is 1.05 bits per heavy atom. The monoisotopic (exact) mass is 818 g/mol. The molecule has 4 aliphatic rings. The van der Waals surface area contributed by atoms with Crippen molar-refractivity contribution in [2.45, 2.75) is 101 Å². The van der Waals surface area contributed by atoms with Crippen LogP contribution in [0.25, 0.3) is 0 Å². The molecule has 12 nitrogen and oxygen atoms in total. The molecule has 0 saturated carbocycles. The first kappa shape index (κ1) is 41.3. The second-order valence-electron chi connectivity index (χ2n) is 16.4. The van der Waals surface area contributed by atoms with Crippen LogP contribution >= 0.6 is 11.6 Å². The van der Waals surface area contributed by atoms with E-state index in [1.165, 1.54) is 0 Å². The van der Waals surface area contributed by atoms with Gasteiger partial charge in [-0.25, -0.2) is 0 Å². The van der Waals surface area contributed by atoms with Gasteiger partial charge in [-0.2, -0.15) is 0 Å². The molecule has 0 bridgehead atoms. The van der Waals surface area contributed by atoms with E-state index in [0.717, 1.165) is 41.8 Å². The summed E-state index contributed by atoms with van der Waals surface area (Å²) in [4.78, 5) is 59.6. The van der Waals surface area contributed by atoms with Gasteiger partial charge in [0.15, 0.2) is 13.9 Å². The van der Waals surface area contributed by atoms with Crippen molar-refractivity contribution in [3.63, 3.8) is 0 Å². The van der Waals surface area contributed by atoms with Crippen LogP contribution in [-0.2, 0) is 37.7 Å². The first-order chi connectivity index (χ1) is 27.3. The fourth-order valence-electron chi connectivity index (χ4n) is 9.70. The zero-order chi connectivity index (χ0) is 40.6. The van der Waals surface area contributed by atoms with Gasteiger partial charge in [0, 0.05) is 40.9 Å². The van der Waals surface area contributed by atoms with Gasteiger partial charge in [0.1, 0.15) is 5.75 Å². The maximum absolute atomic E-state index is 15.0. The van der Waals surface area contributed by atoms with Crippen molar-refractivity contribution < 1.29 is 38.9 Å². The molecule has 4 aliphatic heterocycles. The minimum atomic E-state index is -3.02. The van der Waals surface area contributed by atoms with E-state index in [4.69, 9.17) is 21.1 Å². The largest absolute Gasteiger partial charge is 0.494 e. The molecule has 2 fully saturated rings. The van der Waals surface area contributed by atoms with E-state index in [0.29, 0.717) is 54.5 Å². The maximum atomic E-state index is 15.0. The molecule has 0 radical (unpaired) electrons. The summed E-state index contributed by atoms with van der Waals surface area (Å²) in [5, 5.41) is 23.0. The number of unbranched alkanes of at least 4 members (excludes halogenated alkanes) is 1. The van der Waals surface area contributed by atoms with Crippen molar-refractivity contribution in [1.82, 2.24) is 10.2 Å². The second-order valence-corrected chi connectivity index (χ2v) is 20.8. The number of carbonyl (C=O) groups excluding carboxylic acids is 3. The lowest BCUT2D eigenvalue weighted by Crippen LogP contribution is -2.49. The van der Waals surface area contributed by atoms with Crippen molar-refractivity contribution in [3.8, 4) is 5.75 Å². The zero-order valence-electron chi connectivity index (χ0n) is 33.2. The number of anilines is 3. The van der Waals surface area contributed by atoms with Gasteiger partial charge in [-0.3, -0.25) is 19.3 Å². The number of halogens is 1. The number of hydrogen-bond donors (Lipinski definition) is 4. The van der Waals surface area contributed by atoms with E-state index < -0.39 is 37.5 Å². The van der Waals surface area contributed by atoms with Crippen LogP contribution in [0.1, 0.15) is 62.6 Å². The van der Waals surface area contributed by atoms with Crippen LogP contribution in [0.3, 0.4) is 0 Å². The molecule has 0 aliphatic carbocycles. The molecule has 3 aromatic carbocycles. The van der Waals surface area contributed by atoms with E-state index in [9.17, 15) is 29.4 Å². The molecule has 57 heavy (non-hydrogen) atoms. The zero-order valence-corrected chi connectivity index (χ0v) is 35.0. The maximum Gasteiger partial charge on any atom is 0.264 e. The van der Waals surface area contributed by atoms with Gasteiger partial charge in [0.05, 0.1) is 55.7 Å². The number of benzene rings is 3. The highest BCUT2D eigenvalue weighted by Crippen LogP contribution is 2.60. The number of aliphatic hydroxyl groups excluding tert-OH is 2. The highest BCUT2D eigenvalue weighted by Gasteiger charge is 2.66. The molecule has 0 aromatic heterocycles. The van der Waals surface area contributed by atoms with Gasteiger partial charge >= 0.3 is 0 Å². The average Bonchev–Trinajstić information content (AvgIpc) is 3.84. The lowest BCUT2D eigenvalue weighted by Gasteiger charge is -2.35. The number of likely N-dealkylation sites (tertiary alicyclic amines) is 1. The lowest BCUT2D eigenvalue weighted by molar-refractivity contribution is -0.150. The molecule has 7 rings (SSSR count). The predicted octanol–water partition coefficient (Wildman–Crippen LogP) is 5.41. The summed E-state index contributed by atoms with van der Waals surface area (Å²) in [7, 11) is -3.02. The molecule has 6 atom stereocenters. The van der Waals surface area contributed by atoms with Gasteiger partial charge < -0.3 is 39.6 Å². The topological polar surface area (TPSA) is 152 Å². The van der Waals surface area contributed by atoms with Crippen LogP contribution in [0.4, 0.5) is 17.1 Å². The second kappa shape index (κ2) is 16.8. The number of rotatable bonds is 14. The first-order valence-corrected chi connectivity index (χ1v) is 23.7. The average molecular weight is 819 g/mol. The lowest BCUT2D eigenvalue weighted by atomic mass is 9.82. The molecular weight excluding hydrogens is 764 g/mol. The molecule has 3 amide bonds. The van der Waals surface area contributed by atoms with Crippen LogP contribution < -0.4 is 19.9 Å². The Bertz CT molecular complexity index is 1980. The number of nitrogens with zero attached hydrogens (tertiary/aromatic N) is 3. The van der Waals surface area contributed by atoms with Crippen LogP contribution in [0, 0.1) is 5.92 Å². The fourth-order valence-corrected chi connectivity index (χ4v) is 12.4. The summed E-state index contributed by atoms with van der Waals surface area (Å²) in [5.74, 6) is -0.223. The van der Waals surface area contributed by atoms with E-state index >= 15 is 0 Å². The number of nitrogens with one attached hydrogen (secondary N) is 1. The third-order valence-corrected chi connectivity index (χ3v) is 15.0. The normalized spacial score (nSPS) is 25.8. The number of carbonyl (C=O) groups is 3. The van der Waals surface area contributed by atoms with Crippen molar-refractivity contribution in [1.29, 1.82) is 0 Å². The van der Waals surface area contributed by atoms with Gasteiger partial charge in [0.2, 0.25) is 11.8 Å². The van der Waals surface area contributed by atoms with Gasteiger partial charge in [-0.05, 0) is 118 Å². The first-order valence-electron chi connectivity index (χ1n) is 20.3. The Morgan fingerprint density at radius 2 is 1.81 bits per heavy atom. The Hall–Kier alpha value is -3.82. The third kappa shape index (κ3) is 7.75. The Balaban J connectivity index is 1.17. The summed E-state index contributed by atoms with van der Waals surface area (Å²) >= 11 is 6.60. The minimum absolute atomic E-state index is 0.000779. The molecular formula is C43H55ClN4O8Si. The molecule has 306 valence electrons. The van der Waals surface area contributed by atoms with Crippen LogP contribution in [0.5, 0.6) is 5.75 Å². The van der Waals surface area contributed by atoms with E-state index in [1.807, 2.05) is 75.5 Å². The molecule has 14 heteroatoms. The van der Waals surface area contributed by atoms with E-state index in [1.54, 1.807) is 26.8 Å². The summed E-state index contributed by atoms with van der Waals surface area (Å²) in [6.07, 6.45) is 2.75. The van der Waals surface area contributed by atoms with Gasteiger partial charge in [-0.1, -0.05) is 30.7 Å². The van der Waals surface area contributed by atoms with Crippen LogP contribution in [0.2, 0.25) is 23.7 Å². The van der Waals surface area contributed by atoms with Crippen LogP contribution in [-0.4, -0.2) is 97.0 Å². The van der Waals surface area contributed by atoms with E-state index in [-0.39, 0.29) is 49.9 Å². The highest BCUT2D eigenvalue weighted by molar-refractivity contribution is 6.71. The van der Waals surface area contributed by atoms with Crippen molar-refractivity contribution in [3.05, 3.63) is 82.4 Å². The van der Waals surface area contributed by atoms with Gasteiger partial charge in [-0.15, -0.1) is 0 Å². The number of hydrogen-bond acceptors (Lipinski definition) is 9. The Morgan fingerprint density at radius 3 is 2.51 bits per heavy atom. The minimum Gasteiger partial charge on any atom is -0.494 e. The highest BCUT2D eigenvalue weighted by atomic mass is 35.5. The molecule has 4 heterocycles. The molecule has 1 spiro atoms. The smallest absolute Gasteiger partial charge is 0.264 e. The van der Waals surface area contributed by atoms with Gasteiger partial charge in [0.25, 0.3) is 5.91 Å². The molecule has 1 unspecified atom stereocenters. The number of ether oxygens (including phenoxy) is 2. The number of fused-ring (bicyclic) bond motifs is 3. The summed E-state index contributed by atoms with van der Waals surface area (Å²) in [6.45, 7) is 9.42. The quantitative estimate of drug-likeness (QED) is 0.124. The van der Waals surface area contributed by atoms with Crippen molar-refractivity contribution >= 4 is 54.7 Å². The Kier molecular flexibility index (Phi) is 12.2. The fraction of sp³-hybridized carbons (Fsp3) is 0.512. The van der Waals surface area contributed by atoms with Crippen LogP contribution in [0.15, 0.2) is 60.7 Å². The number of amides is 3. The standard InChI is InChI=1S/C43H55ClN4O8Si/c1-5-55-33-15-17-36-29(21-33)22-35(45-18-6-7-20-49)41(52)48(36)31-13-10-28(11-14-31)25-47-37-16-12-30(44)23-34(37)43(42(47)53)27(2)40(57(3,4)54)38(56-43)24-39(51)46-19-8-9-32(46)26-50/h10-17,21,23,27,32,35,38,40,45,49-50,54H,5-9,18-20,22,24-26H2,1-4H3/t27-,32-,35?,38+,40-,43+/m0/s1. The third-order valence-electron chi connectivity index (χ3n) is 12.3. The summed E-state index contributed by atoms with van der Waals surface area (Å²) in [5.41, 5.74) is 2.66. The van der Waals surface area contributed by atoms with E-state index in [2.05, 4.69) is 5.32 Å². The molecule has 4 N–H and O–H groups in total. The predicted molar refractivity (Wildman–Crippen MR) is 221 cm³/mol. The number of aliphatic hydroxyl groups is 2.